The molecule has 2 nitrogen and oxygen atoms in total. The van der Waals surface area contributed by atoms with Crippen molar-refractivity contribution in [2.75, 3.05) is 13.1 Å². The third-order valence-electron chi connectivity index (χ3n) is 6.61. The van der Waals surface area contributed by atoms with Crippen molar-refractivity contribution in [3.8, 4) is 0 Å². The van der Waals surface area contributed by atoms with E-state index in [0.29, 0.717) is 12.0 Å². The summed E-state index contributed by atoms with van der Waals surface area (Å²) >= 11 is 0. The average Bonchev–Trinajstić information content (AvgIpc) is 3.30. The first kappa shape index (κ1) is 13.8. The molecular weight excluding hydrogens is 256 g/mol. The van der Waals surface area contributed by atoms with Crippen molar-refractivity contribution in [1.29, 1.82) is 0 Å². The molecule has 21 heavy (non-hydrogen) atoms. The number of piperidine rings is 1. The van der Waals surface area contributed by atoms with Crippen LogP contribution < -0.4 is 5.73 Å². The van der Waals surface area contributed by atoms with Crippen molar-refractivity contribution in [1.82, 2.24) is 4.90 Å². The van der Waals surface area contributed by atoms with E-state index >= 15 is 0 Å². The SMILES string of the molecule is CC1C2Cc3ccc(CN)cc3C1(C)CCN2CC1CC1. The molecule has 0 aromatic heterocycles. The van der Waals surface area contributed by atoms with Crippen LogP contribution in [0.25, 0.3) is 0 Å². The third-order valence-corrected chi connectivity index (χ3v) is 6.61. The van der Waals surface area contributed by atoms with Crippen molar-refractivity contribution < 1.29 is 0 Å². The Labute approximate surface area is 128 Å². The maximum absolute atomic E-state index is 5.86. The van der Waals surface area contributed by atoms with E-state index in [1.54, 1.807) is 11.1 Å². The maximum Gasteiger partial charge on any atom is 0.0178 e. The number of likely N-dealkylation sites (tertiary alicyclic amines) is 1. The van der Waals surface area contributed by atoms with E-state index in [-0.39, 0.29) is 0 Å². The molecule has 0 amide bonds. The molecule has 1 aromatic carbocycles. The highest BCUT2D eigenvalue weighted by Gasteiger charge is 2.48. The smallest absolute Gasteiger partial charge is 0.0178 e. The van der Waals surface area contributed by atoms with Crippen LogP contribution in [-0.2, 0) is 18.4 Å². The largest absolute Gasteiger partial charge is 0.326 e. The molecule has 1 aromatic rings. The summed E-state index contributed by atoms with van der Waals surface area (Å²) in [5.74, 6) is 1.76. The molecule has 114 valence electrons. The fourth-order valence-corrected chi connectivity index (χ4v) is 4.74. The fourth-order valence-electron chi connectivity index (χ4n) is 4.74. The number of nitrogens with zero attached hydrogens (tertiary/aromatic N) is 1. The average molecular weight is 284 g/mol. The normalized spacial score (nSPS) is 35.6. The Kier molecular flexibility index (Phi) is 3.16. The van der Waals surface area contributed by atoms with Crippen LogP contribution in [0.3, 0.4) is 0 Å². The van der Waals surface area contributed by atoms with Crippen LogP contribution in [0.15, 0.2) is 18.2 Å². The maximum atomic E-state index is 5.86. The van der Waals surface area contributed by atoms with Gasteiger partial charge in [0.25, 0.3) is 0 Å². The van der Waals surface area contributed by atoms with Gasteiger partial charge < -0.3 is 5.73 Å². The Balaban J connectivity index is 1.70. The highest BCUT2D eigenvalue weighted by atomic mass is 15.2. The summed E-state index contributed by atoms with van der Waals surface area (Å²) in [6, 6.07) is 7.74. The number of benzene rings is 1. The minimum absolute atomic E-state index is 0.351. The molecule has 4 rings (SSSR count). The summed E-state index contributed by atoms with van der Waals surface area (Å²) in [5.41, 5.74) is 10.7. The lowest BCUT2D eigenvalue weighted by atomic mass is 9.59. The second-order valence-electron chi connectivity index (χ2n) is 7.86. The van der Waals surface area contributed by atoms with Gasteiger partial charge in [0, 0.05) is 19.1 Å². The molecule has 0 spiro atoms. The van der Waals surface area contributed by atoms with Gasteiger partial charge in [0.1, 0.15) is 0 Å². The van der Waals surface area contributed by atoms with Gasteiger partial charge in [-0.15, -0.1) is 0 Å². The third kappa shape index (κ3) is 2.15. The van der Waals surface area contributed by atoms with Gasteiger partial charge in [0.15, 0.2) is 0 Å². The zero-order valence-corrected chi connectivity index (χ0v) is 13.4. The molecule has 2 bridgehead atoms. The fraction of sp³-hybridized carbons (Fsp3) is 0.684. The molecule has 2 heteroatoms. The van der Waals surface area contributed by atoms with E-state index in [2.05, 4.69) is 36.9 Å². The number of hydrogen-bond donors (Lipinski definition) is 1. The second kappa shape index (κ2) is 4.82. The van der Waals surface area contributed by atoms with Gasteiger partial charge in [-0.05, 0) is 66.2 Å². The van der Waals surface area contributed by atoms with Crippen molar-refractivity contribution in [3.05, 3.63) is 34.9 Å². The lowest BCUT2D eigenvalue weighted by molar-refractivity contribution is 0.0284. The van der Waals surface area contributed by atoms with Crippen molar-refractivity contribution in [2.24, 2.45) is 17.6 Å². The van der Waals surface area contributed by atoms with Gasteiger partial charge in [-0.1, -0.05) is 32.0 Å². The highest BCUT2D eigenvalue weighted by molar-refractivity contribution is 5.42. The summed E-state index contributed by atoms with van der Waals surface area (Å²) in [6.45, 7) is 8.28. The number of rotatable bonds is 3. The van der Waals surface area contributed by atoms with Gasteiger partial charge >= 0.3 is 0 Å². The minimum atomic E-state index is 0.351. The number of hydrogen-bond acceptors (Lipinski definition) is 2. The van der Waals surface area contributed by atoms with Gasteiger partial charge in [-0.2, -0.15) is 0 Å². The van der Waals surface area contributed by atoms with Crippen LogP contribution in [0, 0.1) is 11.8 Å². The molecule has 1 saturated carbocycles. The predicted molar refractivity (Wildman–Crippen MR) is 87.3 cm³/mol. The molecule has 1 heterocycles. The first-order valence-corrected chi connectivity index (χ1v) is 8.68. The number of nitrogens with two attached hydrogens (primary N) is 1. The van der Waals surface area contributed by atoms with Crippen molar-refractivity contribution >= 4 is 0 Å². The Hall–Kier alpha value is -0.860. The van der Waals surface area contributed by atoms with E-state index in [9.17, 15) is 0 Å². The van der Waals surface area contributed by atoms with E-state index in [0.717, 1.165) is 17.9 Å². The summed E-state index contributed by atoms with van der Waals surface area (Å²) in [7, 11) is 0. The Morgan fingerprint density at radius 2 is 2.14 bits per heavy atom. The quantitative estimate of drug-likeness (QED) is 0.924. The molecule has 2 fully saturated rings. The molecule has 3 unspecified atom stereocenters. The molecule has 3 aliphatic rings. The standard InChI is InChI=1S/C19H28N2/c1-13-18-10-16-6-5-15(11-20)9-17(16)19(13,2)7-8-21(18)12-14-3-4-14/h5-6,9,13-14,18H,3-4,7-8,10-12,20H2,1-2H3. The van der Waals surface area contributed by atoms with E-state index in [4.69, 9.17) is 5.73 Å². The Morgan fingerprint density at radius 3 is 2.86 bits per heavy atom. The number of fused-ring (bicyclic) bond motifs is 4. The van der Waals surface area contributed by atoms with Crippen LogP contribution in [0.1, 0.15) is 49.8 Å². The molecule has 1 aliphatic heterocycles. The molecule has 3 atom stereocenters. The van der Waals surface area contributed by atoms with Crippen LogP contribution >= 0.6 is 0 Å². The van der Waals surface area contributed by atoms with Gasteiger partial charge in [-0.25, -0.2) is 0 Å². The van der Waals surface area contributed by atoms with Crippen molar-refractivity contribution in [3.63, 3.8) is 0 Å². The van der Waals surface area contributed by atoms with E-state index in [1.165, 1.54) is 44.3 Å². The summed E-state index contributed by atoms with van der Waals surface area (Å²) in [5, 5.41) is 0. The summed E-state index contributed by atoms with van der Waals surface area (Å²) in [6.07, 6.45) is 5.47. The first-order chi connectivity index (χ1) is 10.1. The summed E-state index contributed by atoms with van der Waals surface area (Å²) in [4.78, 5) is 2.81. The van der Waals surface area contributed by atoms with Crippen molar-refractivity contribution in [2.45, 2.75) is 57.5 Å². The topological polar surface area (TPSA) is 29.3 Å². The van der Waals surface area contributed by atoms with E-state index in [1.807, 2.05) is 0 Å². The van der Waals surface area contributed by atoms with Gasteiger partial charge in [-0.3, -0.25) is 4.90 Å². The lowest BCUT2D eigenvalue weighted by Crippen LogP contribution is -2.58. The zero-order chi connectivity index (χ0) is 14.6. The molecule has 2 aliphatic carbocycles. The molecule has 0 radical (unpaired) electrons. The van der Waals surface area contributed by atoms with Crippen LogP contribution in [0.2, 0.25) is 0 Å². The molecule has 1 saturated heterocycles. The lowest BCUT2D eigenvalue weighted by Gasteiger charge is -2.55. The van der Waals surface area contributed by atoms with E-state index < -0.39 is 0 Å². The molecule has 2 N–H and O–H groups in total. The van der Waals surface area contributed by atoms with Crippen LogP contribution in [0.5, 0.6) is 0 Å². The minimum Gasteiger partial charge on any atom is -0.326 e. The second-order valence-corrected chi connectivity index (χ2v) is 7.86. The zero-order valence-electron chi connectivity index (χ0n) is 13.4. The summed E-state index contributed by atoms with van der Waals surface area (Å²) < 4.78 is 0. The van der Waals surface area contributed by atoms with Crippen LogP contribution in [-0.4, -0.2) is 24.0 Å². The van der Waals surface area contributed by atoms with Crippen LogP contribution in [0.4, 0.5) is 0 Å². The monoisotopic (exact) mass is 284 g/mol. The molecular formula is C19H28N2. The highest BCUT2D eigenvalue weighted by Crippen LogP contribution is 2.49. The first-order valence-electron chi connectivity index (χ1n) is 8.68. The Morgan fingerprint density at radius 1 is 1.33 bits per heavy atom. The van der Waals surface area contributed by atoms with Gasteiger partial charge in [0.2, 0.25) is 0 Å². The predicted octanol–water partition coefficient (Wildman–Crippen LogP) is 3.08. The Bertz CT molecular complexity index is 548. The van der Waals surface area contributed by atoms with Gasteiger partial charge in [0.05, 0.1) is 0 Å².